The van der Waals surface area contributed by atoms with E-state index in [9.17, 15) is 9.90 Å². The van der Waals surface area contributed by atoms with Crippen LogP contribution in [0.15, 0.2) is 24.3 Å². The highest BCUT2D eigenvalue weighted by molar-refractivity contribution is 6.07. The van der Waals surface area contributed by atoms with Gasteiger partial charge < -0.3 is 10.2 Å². The van der Waals surface area contributed by atoms with E-state index in [0.717, 1.165) is 0 Å². The van der Waals surface area contributed by atoms with E-state index >= 15 is 0 Å². The van der Waals surface area contributed by atoms with Crippen molar-refractivity contribution in [3.63, 3.8) is 0 Å². The van der Waals surface area contributed by atoms with Crippen molar-refractivity contribution in [1.29, 1.82) is 0 Å². The predicted octanol–water partition coefficient (Wildman–Crippen LogP) is 2.09. The molecule has 1 saturated carbocycles. The van der Waals surface area contributed by atoms with Crippen LogP contribution in [0.25, 0.3) is 6.08 Å². The van der Waals surface area contributed by atoms with Crippen LogP contribution in [0.2, 0.25) is 0 Å². The van der Waals surface area contributed by atoms with E-state index in [0.29, 0.717) is 11.5 Å². The Morgan fingerprint density at radius 1 is 1.06 bits per heavy atom. The summed E-state index contributed by atoms with van der Waals surface area (Å²) < 4.78 is 0. The van der Waals surface area contributed by atoms with Gasteiger partial charge in [0.1, 0.15) is 0 Å². The first-order chi connectivity index (χ1) is 8.16. The Hall–Kier alpha value is -1.77. The Morgan fingerprint density at radius 2 is 1.76 bits per heavy atom. The van der Waals surface area contributed by atoms with Crippen molar-refractivity contribution in [3.05, 3.63) is 61.4 Å². The lowest BCUT2D eigenvalue weighted by atomic mass is 10.0. The minimum atomic E-state index is -0.201. The monoisotopic (exact) mass is 227 g/mol. The average Bonchev–Trinajstić information content (AvgIpc) is 2.84. The quantitative estimate of drug-likeness (QED) is 0.614. The molecule has 17 heavy (non-hydrogen) atoms. The van der Waals surface area contributed by atoms with Crippen molar-refractivity contribution in [2.45, 2.75) is 0 Å². The molecule has 0 saturated heterocycles. The molecule has 0 bridgehead atoms. The van der Waals surface area contributed by atoms with Crippen LogP contribution in [0, 0.1) is 31.6 Å². The molecule has 0 atom stereocenters. The van der Waals surface area contributed by atoms with Crippen LogP contribution < -0.4 is 0 Å². The van der Waals surface area contributed by atoms with Gasteiger partial charge in [-0.05, 0) is 49.5 Å². The highest BCUT2D eigenvalue weighted by atomic mass is 16.3. The van der Waals surface area contributed by atoms with Crippen molar-refractivity contribution in [1.82, 2.24) is 0 Å². The van der Waals surface area contributed by atoms with Crippen molar-refractivity contribution < 1.29 is 15.0 Å². The Morgan fingerprint density at radius 3 is 2.41 bits per heavy atom. The van der Waals surface area contributed by atoms with Crippen LogP contribution >= 0.6 is 0 Å². The molecule has 2 rings (SSSR count). The second kappa shape index (κ2) is 5.04. The van der Waals surface area contributed by atoms with E-state index in [4.69, 9.17) is 5.11 Å². The molecule has 3 heteroatoms. The first kappa shape index (κ1) is 11.7. The van der Waals surface area contributed by atoms with Gasteiger partial charge in [0.15, 0.2) is 17.3 Å². The van der Waals surface area contributed by atoms with Gasteiger partial charge in [-0.3, -0.25) is 4.79 Å². The van der Waals surface area contributed by atoms with Gasteiger partial charge in [-0.2, -0.15) is 0 Å². The van der Waals surface area contributed by atoms with Crippen LogP contribution in [0.1, 0.15) is 5.56 Å². The fourth-order valence-electron chi connectivity index (χ4n) is 1.45. The molecular formula is C14H11O3. The van der Waals surface area contributed by atoms with E-state index in [1.165, 1.54) is 18.2 Å². The van der Waals surface area contributed by atoms with E-state index < -0.39 is 0 Å². The molecule has 0 unspecified atom stereocenters. The molecule has 1 aromatic carbocycles. The Balaban J connectivity index is 2.04. The summed E-state index contributed by atoms with van der Waals surface area (Å²) in [6, 6.07) is 4.38. The van der Waals surface area contributed by atoms with Crippen molar-refractivity contribution in [2.75, 3.05) is 0 Å². The number of hydrogen-bond acceptors (Lipinski definition) is 3. The van der Waals surface area contributed by atoms with Gasteiger partial charge in [0.25, 0.3) is 0 Å². The summed E-state index contributed by atoms with van der Waals surface area (Å²) >= 11 is 0. The van der Waals surface area contributed by atoms with E-state index in [1.54, 1.807) is 37.8 Å². The minimum absolute atomic E-state index is 0.0948. The molecule has 1 aromatic rings. The lowest BCUT2D eigenvalue weighted by Gasteiger charge is -2.01. The molecule has 5 radical (unpaired) electrons. The highest BCUT2D eigenvalue weighted by Crippen LogP contribution is 2.26. The minimum Gasteiger partial charge on any atom is -0.504 e. The second-order valence-corrected chi connectivity index (χ2v) is 3.62. The third-order valence-corrected chi connectivity index (χ3v) is 2.37. The Bertz CT molecular complexity index is 443. The molecule has 0 aromatic heterocycles. The topological polar surface area (TPSA) is 57.5 Å². The zero-order valence-electron chi connectivity index (χ0n) is 9.00. The zero-order chi connectivity index (χ0) is 12.3. The molecule has 0 heterocycles. The van der Waals surface area contributed by atoms with Crippen LogP contribution in [0.4, 0.5) is 0 Å². The van der Waals surface area contributed by atoms with Gasteiger partial charge in [-0.1, -0.05) is 12.1 Å². The molecule has 1 aliphatic rings. The molecule has 85 valence electrons. The summed E-state index contributed by atoms with van der Waals surface area (Å²) in [6.07, 6.45) is 10.1. The van der Waals surface area contributed by atoms with E-state index in [-0.39, 0.29) is 17.3 Å². The normalized spacial score (nSPS) is 16.7. The number of allylic oxidation sites excluding steroid dienone is 1. The number of carbonyl (C=O) groups excluding carboxylic acids is 1. The zero-order valence-corrected chi connectivity index (χ0v) is 9.00. The first-order valence-corrected chi connectivity index (χ1v) is 5.13. The largest absolute Gasteiger partial charge is 0.504 e. The highest BCUT2D eigenvalue weighted by Gasteiger charge is 2.22. The number of phenols is 2. The van der Waals surface area contributed by atoms with E-state index in [2.05, 4.69) is 0 Å². The van der Waals surface area contributed by atoms with Gasteiger partial charge in [-0.25, -0.2) is 0 Å². The fraction of sp³-hybridized carbons (Fsp3) is 0. The summed E-state index contributed by atoms with van der Waals surface area (Å²) in [5.74, 6) is 0.157. The number of carbonyl (C=O) groups is 1. The number of ketones is 1. The average molecular weight is 227 g/mol. The first-order valence-electron chi connectivity index (χ1n) is 5.13. The van der Waals surface area contributed by atoms with E-state index in [1.807, 2.05) is 0 Å². The molecule has 0 aliphatic heterocycles. The Labute approximate surface area is 100 Å². The standard InChI is InChI=1S/C14H11O3/c15-12(11-3-1-2-4-11)7-5-10-6-8-13(16)14(17)9-10/h1-9,16-17H/b7-5+. The number of benzene rings is 1. The maximum atomic E-state index is 11.6. The third-order valence-electron chi connectivity index (χ3n) is 2.37. The van der Waals surface area contributed by atoms with Crippen molar-refractivity contribution in [2.24, 2.45) is 0 Å². The summed E-state index contributed by atoms with van der Waals surface area (Å²) in [4.78, 5) is 11.6. The molecule has 1 aliphatic carbocycles. The second-order valence-electron chi connectivity index (χ2n) is 3.62. The van der Waals surface area contributed by atoms with Crippen LogP contribution in [0.3, 0.4) is 0 Å². The summed E-state index contributed by atoms with van der Waals surface area (Å²) in [6.45, 7) is 0. The van der Waals surface area contributed by atoms with Crippen molar-refractivity contribution in [3.8, 4) is 11.5 Å². The summed E-state index contributed by atoms with van der Waals surface area (Å²) in [7, 11) is 0. The molecule has 2 N–H and O–H groups in total. The number of hydrogen-bond donors (Lipinski definition) is 2. The van der Waals surface area contributed by atoms with Gasteiger partial charge in [0, 0.05) is 0 Å². The molecular weight excluding hydrogens is 216 g/mol. The number of aromatic hydroxyl groups is 2. The third kappa shape index (κ3) is 2.87. The smallest absolute Gasteiger partial charge is 0.163 e. The van der Waals surface area contributed by atoms with Gasteiger partial charge in [0.2, 0.25) is 0 Å². The van der Waals surface area contributed by atoms with Gasteiger partial charge in [0.05, 0.1) is 5.92 Å². The lowest BCUT2D eigenvalue weighted by Crippen LogP contribution is -2.05. The van der Waals surface area contributed by atoms with Gasteiger partial charge in [-0.15, -0.1) is 0 Å². The SMILES string of the molecule is O=C(/C=C/c1ccc(O)c(O)c1)[C]1[CH][CH][CH][CH]1. The van der Waals surface area contributed by atoms with Crippen LogP contribution in [-0.2, 0) is 4.79 Å². The lowest BCUT2D eigenvalue weighted by molar-refractivity contribution is -0.112. The Kier molecular flexibility index (Phi) is 3.47. The number of rotatable bonds is 3. The summed E-state index contributed by atoms with van der Waals surface area (Å²) in [5, 5.41) is 18.4. The maximum Gasteiger partial charge on any atom is 0.163 e. The summed E-state index contributed by atoms with van der Waals surface area (Å²) in [5.41, 5.74) is 0.653. The molecule has 0 amide bonds. The number of phenolic OH excluding ortho intramolecular Hbond substituents is 2. The maximum absolute atomic E-state index is 11.6. The molecule has 0 spiro atoms. The fourth-order valence-corrected chi connectivity index (χ4v) is 1.45. The van der Waals surface area contributed by atoms with Gasteiger partial charge >= 0.3 is 0 Å². The molecule has 3 nitrogen and oxygen atoms in total. The predicted molar refractivity (Wildman–Crippen MR) is 64.3 cm³/mol. The van der Waals surface area contributed by atoms with Crippen molar-refractivity contribution >= 4 is 11.9 Å². The van der Waals surface area contributed by atoms with Crippen LogP contribution in [-0.4, -0.2) is 16.0 Å². The molecule has 1 fully saturated rings. The van der Waals surface area contributed by atoms with Crippen LogP contribution in [0.5, 0.6) is 11.5 Å².